The van der Waals surface area contributed by atoms with Crippen LogP contribution in [0.25, 0.3) is 0 Å². The van der Waals surface area contributed by atoms with Crippen LogP contribution in [0, 0.1) is 3.57 Å². The van der Waals surface area contributed by atoms with Gasteiger partial charge in [-0.2, -0.15) is 0 Å². The van der Waals surface area contributed by atoms with E-state index in [0.29, 0.717) is 10.0 Å². The van der Waals surface area contributed by atoms with Crippen molar-refractivity contribution >= 4 is 45.8 Å². The molecule has 0 aliphatic heterocycles. The third kappa shape index (κ3) is 2.21. The van der Waals surface area contributed by atoms with Crippen molar-refractivity contribution in [3.05, 3.63) is 31.3 Å². The van der Waals surface area contributed by atoms with Crippen LogP contribution in [0.5, 0.6) is 0 Å². The van der Waals surface area contributed by atoms with Crippen molar-refractivity contribution in [2.75, 3.05) is 0 Å². The summed E-state index contributed by atoms with van der Waals surface area (Å²) in [5, 5.41) is 9.81. The zero-order chi connectivity index (χ0) is 8.43. The predicted molar refractivity (Wildman–Crippen MR) is 55.1 cm³/mol. The van der Waals surface area contributed by atoms with Gasteiger partial charge in [-0.15, -0.1) is 0 Å². The molecule has 1 rings (SSSR count). The first kappa shape index (κ1) is 9.58. The largest absolute Gasteiger partial charge is 0.392 e. The lowest BCUT2D eigenvalue weighted by Crippen LogP contribution is -1.85. The average molecular weight is 303 g/mol. The Morgan fingerprint density at radius 3 is 2.45 bits per heavy atom. The normalized spacial score (nSPS) is 10.2. The van der Waals surface area contributed by atoms with Gasteiger partial charge >= 0.3 is 0 Å². The van der Waals surface area contributed by atoms with Crippen molar-refractivity contribution in [1.82, 2.24) is 0 Å². The third-order valence-electron chi connectivity index (χ3n) is 1.23. The summed E-state index contributed by atoms with van der Waals surface area (Å²) >= 11 is 13.6. The van der Waals surface area contributed by atoms with Crippen molar-refractivity contribution < 1.29 is 5.11 Å². The van der Waals surface area contributed by atoms with Crippen LogP contribution in [0.3, 0.4) is 0 Å². The molecule has 4 heteroatoms. The molecule has 1 aromatic rings. The van der Waals surface area contributed by atoms with Gasteiger partial charge in [0.05, 0.1) is 16.7 Å². The van der Waals surface area contributed by atoms with Crippen LogP contribution >= 0.6 is 45.8 Å². The van der Waals surface area contributed by atoms with Crippen LogP contribution in [0.1, 0.15) is 5.56 Å². The minimum Gasteiger partial charge on any atom is -0.392 e. The monoisotopic (exact) mass is 302 g/mol. The Morgan fingerprint density at radius 2 is 2.00 bits per heavy atom. The van der Waals surface area contributed by atoms with Gasteiger partial charge in [0.15, 0.2) is 0 Å². The number of hydrogen-bond acceptors (Lipinski definition) is 1. The molecule has 0 amide bonds. The molecule has 60 valence electrons. The maximum Gasteiger partial charge on any atom is 0.0725 e. The zero-order valence-electron chi connectivity index (χ0n) is 5.44. The second kappa shape index (κ2) is 3.94. The van der Waals surface area contributed by atoms with Gasteiger partial charge in [-0.25, -0.2) is 0 Å². The molecule has 0 heterocycles. The van der Waals surface area contributed by atoms with Crippen LogP contribution in [0.2, 0.25) is 10.0 Å². The molecule has 0 radical (unpaired) electrons. The lowest BCUT2D eigenvalue weighted by Gasteiger charge is -2.01. The van der Waals surface area contributed by atoms with E-state index in [0.717, 1.165) is 9.13 Å². The van der Waals surface area contributed by atoms with E-state index in [1.807, 2.05) is 0 Å². The van der Waals surface area contributed by atoms with E-state index in [2.05, 4.69) is 22.6 Å². The topological polar surface area (TPSA) is 20.2 Å². The second-order valence-corrected chi connectivity index (χ2v) is 3.98. The summed E-state index contributed by atoms with van der Waals surface area (Å²) in [6.07, 6.45) is 0. The van der Waals surface area contributed by atoms with Crippen molar-refractivity contribution in [3.8, 4) is 0 Å². The second-order valence-electron chi connectivity index (χ2n) is 2.03. The van der Waals surface area contributed by atoms with E-state index in [1.54, 1.807) is 12.1 Å². The smallest absolute Gasteiger partial charge is 0.0725 e. The Kier molecular flexibility index (Phi) is 3.43. The van der Waals surface area contributed by atoms with Gasteiger partial charge in [0, 0.05) is 3.57 Å². The molecule has 0 fully saturated rings. The fourth-order valence-electron chi connectivity index (χ4n) is 0.699. The number of hydrogen-bond donors (Lipinski definition) is 1. The molecule has 1 aromatic carbocycles. The minimum absolute atomic E-state index is 0.00705. The van der Waals surface area contributed by atoms with Crippen LogP contribution in [-0.2, 0) is 6.61 Å². The molecule has 0 aliphatic rings. The zero-order valence-corrected chi connectivity index (χ0v) is 9.11. The number of halogens is 3. The van der Waals surface area contributed by atoms with Crippen molar-refractivity contribution in [1.29, 1.82) is 0 Å². The summed E-state index contributed by atoms with van der Waals surface area (Å²) in [5.74, 6) is 0. The summed E-state index contributed by atoms with van der Waals surface area (Å²) in [6.45, 7) is -0.00705. The van der Waals surface area contributed by atoms with Gasteiger partial charge < -0.3 is 5.11 Å². The van der Waals surface area contributed by atoms with Crippen molar-refractivity contribution in [2.45, 2.75) is 6.61 Å². The van der Waals surface area contributed by atoms with Crippen LogP contribution in [0.4, 0.5) is 0 Å². The van der Waals surface area contributed by atoms with E-state index in [9.17, 15) is 0 Å². The first-order chi connectivity index (χ1) is 5.15. The molecule has 0 bridgehead atoms. The summed E-state index contributed by atoms with van der Waals surface area (Å²) in [5.41, 5.74) is 0.781. The minimum atomic E-state index is -0.00705. The molecule has 1 N–H and O–H groups in total. The van der Waals surface area contributed by atoms with Gasteiger partial charge in [0.2, 0.25) is 0 Å². The van der Waals surface area contributed by atoms with E-state index in [-0.39, 0.29) is 6.61 Å². The lowest BCUT2D eigenvalue weighted by atomic mass is 10.2. The Balaban J connectivity index is 3.21. The molecular weight excluding hydrogens is 298 g/mol. The molecule has 0 saturated carbocycles. The molecule has 0 saturated heterocycles. The Hall–Kier alpha value is 0.490. The van der Waals surface area contributed by atoms with Gasteiger partial charge in [0.25, 0.3) is 0 Å². The van der Waals surface area contributed by atoms with Crippen LogP contribution in [0.15, 0.2) is 12.1 Å². The van der Waals surface area contributed by atoms with E-state index < -0.39 is 0 Å². The maximum atomic E-state index is 8.77. The molecule has 0 unspecified atom stereocenters. The highest BCUT2D eigenvalue weighted by molar-refractivity contribution is 14.1. The quantitative estimate of drug-likeness (QED) is 0.624. The number of benzene rings is 1. The summed E-state index contributed by atoms with van der Waals surface area (Å²) in [7, 11) is 0. The van der Waals surface area contributed by atoms with E-state index in [4.69, 9.17) is 28.3 Å². The highest BCUT2D eigenvalue weighted by Gasteiger charge is 2.03. The van der Waals surface area contributed by atoms with Gasteiger partial charge in [0.1, 0.15) is 0 Å². The van der Waals surface area contributed by atoms with Crippen LogP contribution in [-0.4, -0.2) is 5.11 Å². The molecule has 1 nitrogen and oxygen atoms in total. The Morgan fingerprint density at radius 1 is 1.36 bits per heavy atom. The van der Waals surface area contributed by atoms with Crippen molar-refractivity contribution in [3.63, 3.8) is 0 Å². The first-order valence-electron chi connectivity index (χ1n) is 2.89. The summed E-state index contributed by atoms with van der Waals surface area (Å²) in [4.78, 5) is 0. The fourth-order valence-corrected chi connectivity index (χ4v) is 1.90. The summed E-state index contributed by atoms with van der Waals surface area (Å²) in [6, 6.07) is 3.46. The lowest BCUT2D eigenvalue weighted by molar-refractivity contribution is 0.282. The standard InChI is InChI=1S/C7H5Cl2IO/c8-5-1-4(3-11)2-6(10)7(5)9/h1-2,11H,3H2. The summed E-state index contributed by atoms with van der Waals surface area (Å²) < 4.78 is 0.862. The Bertz CT molecular complexity index is 252. The maximum absolute atomic E-state index is 8.77. The van der Waals surface area contributed by atoms with E-state index >= 15 is 0 Å². The highest BCUT2D eigenvalue weighted by Crippen LogP contribution is 2.28. The number of rotatable bonds is 1. The van der Waals surface area contributed by atoms with Gasteiger partial charge in [-0.1, -0.05) is 23.2 Å². The molecule has 0 aliphatic carbocycles. The molecule has 0 aromatic heterocycles. The van der Waals surface area contributed by atoms with Crippen molar-refractivity contribution in [2.24, 2.45) is 0 Å². The molecule has 0 atom stereocenters. The molecule has 0 spiro atoms. The predicted octanol–water partition coefficient (Wildman–Crippen LogP) is 3.09. The molecule has 11 heavy (non-hydrogen) atoms. The van der Waals surface area contributed by atoms with Gasteiger partial charge in [-0.05, 0) is 40.3 Å². The SMILES string of the molecule is OCc1cc(Cl)c(Cl)c(I)c1. The average Bonchev–Trinajstić information content (AvgIpc) is 1.99. The van der Waals surface area contributed by atoms with Gasteiger partial charge in [-0.3, -0.25) is 0 Å². The van der Waals surface area contributed by atoms with Crippen LogP contribution < -0.4 is 0 Å². The highest BCUT2D eigenvalue weighted by atomic mass is 127. The number of aliphatic hydroxyl groups is 1. The van der Waals surface area contributed by atoms with E-state index in [1.165, 1.54) is 0 Å². The molecular formula is C7H5Cl2IO. The first-order valence-corrected chi connectivity index (χ1v) is 4.73. The number of aliphatic hydroxyl groups excluding tert-OH is 1. The Labute approximate surface area is 88.5 Å². The third-order valence-corrected chi connectivity index (χ3v) is 3.20. The fraction of sp³-hybridized carbons (Fsp3) is 0.143.